The van der Waals surface area contributed by atoms with Gasteiger partial charge in [0, 0.05) is 22.2 Å². The van der Waals surface area contributed by atoms with Gasteiger partial charge >= 0.3 is 59.1 Å². The van der Waals surface area contributed by atoms with Gasteiger partial charge in [0.05, 0.1) is 20.8 Å². The van der Waals surface area contributed by atoms with Crippen molar-refractivity contribution < 1.29 is 85.1 Å². The Hall–Kier alpha value is -1.70. The standard InChI is InChI=1S/C26H20N2O6S2.2Na/c1-15-13-23(17-3-7-19(8-4-17)35(29,30)31)21-11-12-22-24(14-16(2)28-26(22)25(21)27-15)18-5-9-20(10-6-18)36(32,33)34;;/h3-14H,1-2H3,(H,29,30,31)(H,32,33,34);;/q;2*+1/p-2. The van der Waals surface area contributed by atoms with E-state index in [0.717, 1.165) is 44.4 Å². The first kappa shape index (κ1) is 30.8. The number of fused-ring (bicyclic) bond motifs is 3. The van der Waals surface area contributed by atoms with Crippen LogP contribution in [0.1, 0.15) is 11.4 Å². The van der Waals surface area contributed by atoms with Gasteiger partial charge in [0.25, 0.3) is 0 Å². The van der Waals surface area contributed by atoms with Crippen molar-refractivity contribution in [1.82, 2.24) is 9.97 Å². The van der Waals surface area contributed by atoms with Crippen molar-refractivity contribution in [3.63, 3.8) is 0 Å². The van der Waals surface area contributed by atoms with Gasteiger partial charge < -0.3 is 9.11 Å². The second kappa shape index (κ2) is 11.4. The Morgan fingerprint density at radius 1 is 0.553 bits per heavy atom. The van der Waals surface area contributed by atoms with E-state index in [1.165, 1.54) is 24.3 Å². The molecule has 38 heavy (non-hydrogen) atoms. The Morgan fingerprint density at radius 3 is 1.16 bits per heavy atom. The predicted octanol–water partition coefficient (Wildman–Crippen LogP) is -1.45. The van der Waals surface area contributed by atoms with Gasteiger partial charge in [-0.05, 0) is 72.5 Å². The minimum Gasteiger partial charge on any atom is -0.744 e. The van der Waals surface area contributed by atoms with Crippen LogP contribution < -0.4 is 59.1 Å². The van der Waals surface area contributed by atoms with Crippen LogP contribution in [0.2, 0.25) is 0 Å². The average Bonchev–Trinajstić information content (AvgIpc) is 2.82. The largest absolute Gasteiger partial charge is 1.00 e. The Morgan fingerprint density at radius 2 is 0.868 bits per heavy atom. The molecule has 2 aromatic heterocycles. The molecule has 0 aliphatic rings. The van der Waals surface area contributed by atoms with Crippen LogP contribution >= 0.6 is 0 Å². The van der Waals surface area contributed by atoms with Crippen LogP contribution in [0.5, 0.6) is 0 Å². The summed E-state index contributed by atoms with van der Waals surface area (Å²) < 4.78 is 67.9. The molecule has 5 rings (SSSR count). The maximum atomic E-state index is 11.3. The van der Waals surface area contributed by atoms with E-state index in [-0.39, 0.29) is 68.9 Å². The van der Waals surface area contributed by atoms with Crippen LogP contribution in [0, 0.1) is 13.8 Å². The maximum absolute atomic E-state index is 11.3. The van der Waals surface area contributed by atoms with Crippen molar-refractivity contribution in [3.05, 3.63) is 84.2 Å². The SMILES string of the molecule is Cc1cc(-c2ccc(S(=O)(=O)[O-])cc2)c2ccc3c(-c4ccc(S(=O)(=O)[O-])cc4)cc(C)nc3c2n1.[Na+].[Na+]. The van der Waals surface area contributed by atoms with E-state index < -0.39 is 20.2 Å². The van der Waals surface area contributed by atoms with Gasteiger partial charge in [0.2, 0.25) is 0 Å². The first-order valence-corrected chi connectivity index (χ1v) is 13.6. The molecule has 0 aliphatic heterocycles. The van der Waals surface area contributed by atoms with Crippen LogP contribution in [0.15, 0.2) is 82.6 Å². The predicted molar refractivity (Wildman–Crippen MR) is 133 cm³/mol. The first-order valence-electron chi connectivity index (χ1n) is 10.8. The molecule has 0 fully saturated rings. The van der Waals surface area contributed by atoms with E-state index in [9.17, 15) is 25.9 Å². The van der Waals surface area contributed by atoms with Crippen molar-refractivity contribution in [3.8, 4) is 22.3 Å². The van der Waals surface area contributed by atoms with Crippen LogP contribution in [0.25, 0.3) is 44.1 Å². The Bertz CT molecular complexity index is 1750. The fourth-order valence-corrected chi connectivity index (χ4v) is 5.25. The zero-order valence-corrected chi connectivity index (χ0v) is 26.7. The van der Waals surface area contributed by atoms with Crippen molar-refractivity contribution in [1.29, 1.82) is 0 Å². The zero-order chi connectivity index (χ0) is 25.8. The van der Waals surface area contributed by atoms with E-state index in [2.05, 4.69) is 0 Å². The Labute approximate surface area is 264 Å². The van der Waals surface area contributed by atoms with Gasteiger partial charge in [0.15, 0.2) is 0 Å². The van der Waals surface area contributed by atoms with E-state index in [1.54, 1.807) is 24.3 Å². The number of aromatic nitrogens is 2. The molecule has 12 heteroatoms. The third-order valence-corrected chi connectivity index (χ3v) is 7.62. The van der Waals surface area contributed by atoms with Gasteiger partial charge in [-0.25, -0.2) is 16.8 Å². The minimum absolute atomic E-state index is 0. The van der Waals surface area contributed by atoms with Crippen LogP contribution in [0.4, 0.5) is 0 Å². The molecule has 182 valence electrons. The van der Waals surface area contributed by atoms with Crippen molar-refractivity contribution >= 4 is 42.0 Å². The fraction of sp³-hybridized carbons (Fsp3) is 0.0769. The topological polar surface area (TPSA) is 140 Å². The van der Waals surface area contributed by atoms with E-state index in [4.69, 9.17) is 9.97 Å². The molecular weight excluding hydrogens is 546 g/mol. The summed E-state index contributed by atoms with van der Waals surface area (Å²) in [5, 5.41) is 1.59. The van der Waals surface area contributed by atoms with Crippen LogP contribution in [-0.4, -0.2) is 35.9 Å². The third kappa shape index (κ3) is 6.05. The molecule has 3 aromatic carbocycles. The summed E-state index contributed by atoms with van der Waals surface area (Å²) in [6.45, 7) is 3.69. The molecule has 0 unspecified atom stereocenters. The molecule has 0 saturated carbocycles. The first-order chi connectivity index (χ1) is 16.9. The molecule has 8 nitrogen and oxygen atoms in total. The molecule has 0 N–H and O–H groups in total. The second-order valence-corrected chi connectivity index (χ2v) is 11.2. The van der Waals surface area contributed by atoms with E-state index >= 15 is 0 Å². The molecule has 2 heterocycles. The monoisotopic (exact) mass is 564 g/mol. The molecule has 5 aromatic rings. The van der Waals surface area contributed by atoms with Gasteiger partial charge in [-0.3, -0.25) is 9.97 Å². The summed E-state index contributed by atoms with van der Waals surface area (Å²) in [5.41, 5.74) is 5.80. The Balaban J connectivity index is 0.00000200. The maximum Gasteiger partial charge on any atom is 1.00 e. The van der Waals surface area contributed by atoms with Gasteiger partial charge in [-0.15, -0.1) is 0 Å². The number of benzene rings is 3. The molecule has 0 aliphatic carbocycles. The summed E-state index contributed by atoms with van der Waals surface area (Å²) in [7, 11) is -9.10. The smallest absolute Gasteiger partial charge is 0.744 e. The zero-order valence-electron chi connectivity index (χ0n) is 21.1. The average molecular weight is 565 g/mol. The van der Waals surface area contributed by atoms with Gasteiger partial charge in [0.1, 0.15) is 20.2 Å². The van der Waals surface area contributed by atoms with Crippen molar-refractivity contribution in [2.75, 3.05) is 0 Å². The summed E-state index contributed by atoms with van der Waals surface area (Å²) in [4.78, 5) is 8.88. The number of nitrogens with zero attached hydrogens (tertiary/aromatic N) is 2. The number of rotatable bonds is 4. The molecule has 0 bridgehead atoms. The quantitative estimate of drug-likeness (QED) is 0.147. The van der Waals surface area contributed by atoms with Gasteiger partial charge in [-0.1, -0.05) is 36.4 Å². The van der Waals surface area contributed by atoms with Crippen molar-refractivity contribution in [2.24, 2.45) is 0 Å². The number of pyridine rings is 2. The Kier molecular flexibility index (Phi) is 9.27. The minimum atomic E-state index is -4.55. The number of hydrogen-bond acceptors (Lipinski definition) is 8. The number of hydrogen-bond donors (Lipinski definition) is 0. The molecular formula is C26H18N2Na2O6S2. The summed E-state index contributed by atoms with van der Waals surface area (Å²) in [6, 6.07) is 19.0. The van der Waals surface area contributed by atoms with Crippen LogP contribution in [0.3, 0.4) is 0 Å². The van der Waals surface area contributed by atoms with E-state index in [1.807, 2.05) is 38.1 Å². The molecule has 0 amide bonds. The van der Waals surface area contributed by atoms with Crippen molar-refractivity contribution in [2.45, 2.75) is 23.6 Å². The molecule has 0 saturated heterocycles. The van der Waals surface area contributed by atoms with E-state index in [0.29, 0.717) is 11.0 Å². The summed E-state index contributed by atoms with van der Waals surface area (Å²) in [5.74, 6) is 0. The molecule has 0 radical (unpaired) electrons. The molecule has 0 atom stereocenters. The summed E-state index contributed by atoms with van der Waals surface area (Å²) >= 11 is 0. The normalized spacial score (nSPS) is 11.7. The molecule has 0 spiro atoms. The number of aryl methyl sites for hydroxylation is 2. The van der Waals surface area contributed by atoms with Gasteiger partial charge in [-0.2, -0.15) is 0 Å². The fourth-order valence-electron chi connectivity index (χ4n) is 4.31. The third-order valence-electron chi connectivity index (χ3n) is 5.92. The second-order valence-electron chi connectivity index (χ2n) is 8.44. The summed E-state index contributed by atoms with van der Waals surface area (Å²) in [6.07, 6.45) is 0. The van der Waals surface area contributed by atoms with Crippen LogP contribution in [-0.2, 0) is 20.2 Å².